The molecule has 0 saturated heterocycles. The molecule has 1 aliphatic heterocycles. The Kier molecular flexibility index (Phi) is 3.58. The molecule has 6 heteroatoms. The summed E-state index contributed by atoms with van der Waals surface area (Å²) in [6.07, 6.45) is 1.86. The van der Waals surface area contributed by atoms with Crippen LogP contribution in [-0.4, -0.2) is 32.3 Å². The quantitative estimate of drug-likeness (QED) is 0.524. The molecule has 1 N–H and O–H groups in total. The Morgan fingerprint density at radius 2 is 1.89 bits per heavy atom. The van der Waals surface area contributed by atoms with Crippen LogP contribution in [-0.2, 0) is 6.54 Å². The van der Waals surface area contributed by atoms with Gasteiger partial charge in [-0.15, -0.1) is 0 Å². The summed E-state index contributed by atoms with van der Waals surface area (Å²) < 4.78 is 8.85. The van der Waals surface area contributed by atoms with Gasteiger partial charge in [0.05, 0.1) is 25.0 Å². The molecule has 0 unspecified atom stereocenters. The zero-order valence-electron chi connectivity index (χ0n) is 15.2. The van der Waals surface area contributed by atoms with Gasteiger partial charge in [0.2, 0.25) is 5.78 Å². The lowest BCUT2D eigenvalue weighted by Gasteiger charge is -2.12. The van der Waals surface area contributed by atoms with E-state index in [0.717, 1.165) is 22.5 Å². The Morgan fingerprint density at radius 3 is 2.64 bits per heavy atom. The minimum Gasteiger partial charge on any atom is -0.504 e. The fourth-order valence-corrected chi connectivity index (χ4v) is 3.71. The molecule has 0 aliphatic carbocycles. The number of ketones is 1. The van der Waals surface area contributed by atoms with Crippen molar-refractivity contribution in [3.05, 3.63) is 83.8 Å². The Balaban J connectivity index is 1.73. The zero-order valence-corrected chi connectivity index (χ0v) is 15.2. The van der Waals surface area contributed by atoms with E-state index < -0.39 is 0 Å². The molecule has 0 radical (unpaired) electrons. The number of carbonyl (C=O) groups excluding carboxylic acids is 1. The highest BCUT2D eigenvalue weighted by Gasteiger charge is 2.34. The maximum atomic E-state index is 12.8. The molecule has 4 aromatic rings. The van der Waals surface area contributed by atoms with Crippen LogP contribution in [0.4, 0.5) is 0 Å². The number of fused-ring (bicyclic) bond motifs is 3. The van der Waals surface area contributed by atoms with Crippen LogP contribution >= 0.6 is 0 Å². The Labute approximate surface area is 161 Å². The number of ether oxygens (including phenoxy) is 1. The predicted molar refractivity (Wildman–Crippen MR) is 104 cm³/mol. The topological polar surface area (TPSA) is 69.3 Å². The molecule has 0 atom stereocenters. The molecule has 2 aromatic carbocycles. The minimum absolute atomic E-state index is 0.0401. The van der Waals surface area contributed by atoms with E-state index in [0.29, 0.717) is 23.7 Å². The average molecular weight is 371 g/mol. The van der Waals surface area contributed by atoms with Gasteiger partial charge in [-0.1, -0.05) is 30.3 Å². The van der Waals surface area contributed by atoms with E-state index in [2.05, 4.69) is 5.10 Å². The zero-order chi connectivity index (χ0) is 19.3. The number of hydrogen-bond donors (Lipinski definition) is 1. The maximum absolute atomic E-state index is 12.8. The van der Waals surface area contributed by atoms with Crippen LogP contribution in [0.3, 0.4) is 0 Å². The highest BCUT2D eigenvalue weighted by molar-refractivity contribution is 6.14. The van der Waals surface area contributed by atoms with E-state index >= 15 is 0 Å². The van der Waals surface area contributed by atoms with Crippen LogP contribution in [0, 0.1) is 0 Å². The first-order chi connectivity index (χ1) is 13.7. The molecule has 0 amide bonds. The first-order valence-electron chi connectivity index (χ1n) is 8.92. The smallest absolute Gasteiger partial charge is 0.232 e. The number of aromatic nitrogens is 3. The van der Waals surface area contributed by atoms with E-state index in [4.69, 9.17) is 4.74 Å². The molecular weight excluding hydrogens is 354 g/mol. The summed E-state index contributed by atoms with van der Waals surface area (Å²) in [4.78, 5) is 12.8. The van der Waals surface area contributed by atoms with Crippen molar-refractivity contribution in [2.45, 2.75) is 6.54 Å². The summed E-state index contributed by atoms with van der Waals surface area (Å²) in [6.45, 7) is 0.514. The molecule has 5 rings (SSSR count). The van der Waals surface area contributed by atoms with Crippen LogP contribution in [0.5, 0.6) is 11.5 Å². The van der Waals surface area contributed by atoms with Crippen LogP contribution in [0.15, 0.2) is 66.9 Å². The molecule has 3 heterocycles. The van der Waals surface area contributed by atoms with Gasteiger partial charge in [0.1, 0.15) is 5.69 Å². The third-order valence-corrected chi connectivity index (χ3v) is 4.99. The second kappa shape index (κ2) is 6.13. The van der Waals surface area contributed by atoms with Crippen molar-refractivity contribution < 1.29 is 14.6 Å². The number of phenols is 1. The second-order valence-electron chi connectivity index (χ2n) is 6.67. The van der Waals surface area contributed by atoms with Crippen molar-refractivity contribution in [2.24, 2.45) is 0 Å². The number of phenolic OH excluding ortho intramolecular Hbond substituents is 1. The summed E-state index contributed by atoms with van der Waals surface area (Å²) in [7, 11) is 1.51. The molecule has 0 fully saturated rings. The average Bonchev–Trinajstić information content (AvgIpc) is 3.37. The Morgan fingerprint density at radius 1 is 1.07 bits per heavy atom. The normalized spacial score (nSPS) is 12.1. The van der Waals surface area contributed by atoms with Gasteiger partial charge in [0.15, 0.2) is 17.2 Å². The van der Waals surface area contributed by atoms with Crippen molar-refractivity contribution >= 4 is 5.78 Å². The minimum atomic E-state index is -0.0919. The summed E-state index contributed by atoms with van der Waals surface area (Å²) in [5.41, 5.74) is 4.38. The predicted octanol–water partition coefficient (Wildman–Crippen LogP) is 3.65. The third kappa shape index (κ3) is 2.35. The fraction of sp³-hybridized carbons (Fsp3) is 0.0909. The van der Waals surface area contributed by atoms with E-state index in [1.807, 2.05) is 57.9 Å². The monoisotopic (exact) mass is 371 g/mol. The Bertz CT molecular complexity index is 1210. The van der Waals surface area contributed by atoms with Crippen molar-refractivity contribution in [1.82, 2.24) is 14.3 Å². The third-order valence-electron chi connectivity index (χ3n) is 4.99. The van der Waals surface area contributed by atoms with Gasteiger partial charge in [-0.3, -0.25) is 9.48 Å². The largest absolute Gasteiger partial charge is 0.504 e. The standard InChI is InChI=1S/C22H17N3O3/c1-28-18-10-9-15(12-17(18)26)20-21-19(22(27)16-8-5-11-24(16)21)23-25(20)13-14-6-3-2-4-7-14/h2-12,26H,13H2,1H3. The van der Waals surface area contributed by atoms with Gasteiger partial charge < -0.3 is 14.4 Å². The molecule has 1 aliphatic rings. The first kappa shape index (κ1) is 16.4. The molecule has 138 valence electrons. The number of benzene rings is 2. The van der Waals surface area contributed by atoms with E-state index in [-0.39, 0.29) is 11.5 Å². The molecule has 28 heavy (non-hydrogen) atoms. The van der Waals surface area contributed by atoms with E-state index in [9.17, 15) is 9.90 Å². The molecule has 0 spiro atoms. The van der Waals surface area contributed by atoms with Crippen LogP contribution in [0.1, 0.15) is 21.7 Å². The van der Waals surface area contributed by atoms with Crippen molar-refractivity contribution in [1.29, 1.82) is 0 Å². The lowest BCUT2D eigenvalue weighted by atomic mass is 10.1. The first-order valence-corrected chi connectivity index (χ1v) is 8.92. The number of aromatic hydroxyl groups is 1. The van der Waals surface area contributed by atoms with Crippen LogP contribution < -0.4 is 4.74 Å². The van der Waals surface area contributed by atoms with Crippen molar-refractivity contribution in [2.75, 3.05) is 7.11 Å². The second-order valence-corrected chi connectivity index (χ2v) is 6.67. The number of carbonyl (C=O) groups is 1. The number of methoxy groups -OCH3 is 1. The highest BCUT2D eigenvalue weighted by Crippen LogP contribution is 2.39. The Hall–Kier alpha value is -3.80. The molecule has 2 aromatic heterocycles. The molecule has 0 saturated carbocycles. The number of rotatable bonds is 4. The molecule has 6 nitrogen and oxygen atoms in total. The van der Waals surface area contributed by atoms with E-state index in [1.165, 1.54) is 7.11 Å². The number of hydrogen-bond acceptors (Lipinski definition) is 4. The summed E-state index contributed by atoms with van der Waals surface area (Å²) in [5, 5.41) is 14.9. The summed E-state index contributed by atoms with van der Waals surface area (Å²) in [6, 6.07) is 18.8. The lowest BCUT2D eigenvalue weighted by Crippen LogP contribution is -2.08. The van der Waals surface area contributed by atoms with Gasteiger partial charge in [0, 0.05) is 11.8 Å². The van der Waals surface area contributed by atoms with Crippen molar-refractivity contribution in [3.8, 4) is 28.4 Å². The SMILES string of the molecule is COc1ccc(-c2c3c(nn2Cc2ccccc2)C(=O)c2cccn2-3)cc1O. The van der Waals surface area contributed by atoms with Crippen molar-refractivity contribution in [3.63, 3.8) is 0 Å². The summed E-state index contributed by atoms with van der Waals surface area (Å²) >= 11 is 0. The van der Waals surface area contributed by atoms with Gasteiger partial charge in [-0.2, -0.15) is 5.10 Å². The van der Waals surface area contributed by atoms with E-state index in [1.54, 1.807) is 18.2 Å². The fourth-order valence-electron chi connectivity index (χ4n) is 3.71. The molecule has 0 bridgehead atoms. The molecular formula is C22H17N3O3. The lowest BCUT2D eigenvalue weighted by molar-refractivity contribution is 0.103. The van der Waals surface area contributed by atoms with Gasteiger partial charge in [0.25, 0.3) is 0 Å². The van der Waals surface area contributed by atoms with Gasteiger partial charge in [-0.05, 0) is 35.9 Å². The highest BCUT2D eigenvalue weighted by atomic mass is 16.5. The van der Waals surface area contributed by atoms with Gasteiger partial charge in [-0.25, -0.2) is 0 Å². The maximum Gasteiger partial charge on any atom is 0.232 e. The van der Waals surface area contributed by atoms with Crippen LogP contribution in [0.25, 0.3) is 16.9 Å². The summed E-state index contributed by atoms with van der Waals surface area (Å²) in [5.74, 6) is 0.344. The van der Waals surface area contributed by atoms with Gasteiger partial charge >= 0.3 is 0 Å². The van der Waals surface area contributed by atoms with Crippen LogP contribution in [0.2, 0.25) is 0 Å². The number of nitrogens with zero attached hydrogens (tertiary/aromatic N) is 3.